The molecule has 3 heteroatoms. The van der Waals surface area contributed by atoms with Crippen molar-refractivity contribution in [1.29, 1.82) is 0 Å². The van der Waals surface area contributed by atoms with Crippen molar-refractivity contribution in [3.05, 3.63) is 12.7 Å². The third-order valence-electron chi connectivity index (χ3n) is 4.87. The average molecular weight is 250 g/mol. The Bertz CT molecular complexity index is 322. The summed E-state index contributed by atoms with van der Waals surface area (Å²) in [6, 6.07) is 0.443. The number of carbonyl (C=O) groups excluding carboxylic acids is 1. The molecule has 3 nitrogen and oxygen atoms in total. The van der Waals surface area contributed by atoms with E-state index in [2.05, 4.69) is 13.5 Å². The zero-order chi connectivity index (χ0) is 13.2. The topological polar surface area (TPSA) is 46.3 Å². The molecular weight excluding hydrogens is 224 g/mol. The summed E-state index contributed by atoms with van der Waals surface area (Å²) in [5.41, 5.74) is 5.83. The second kappa shape index (κ2) is 5.43. The van der Waals surface area contributed by atoms with Crippen molar-refractivity contribution in [3.8, 4) is 0 Å². The molecule has 0 saturated heterocycles. The van der Waals surface area contributed by atoms with Crippen molar-refractivity contribution >= 4 is 5.91 Å². The minimum absolute atomic E-state index is 0.0266. The lowest BCUT2D eigenvalue weighted by atomic mass is 9.83. The van der Waals surface area contributed by atoms with Gasteiger partial charge in [0.15, 0.2) is 0 Å². The van der Waals surface area contributed by atoms with Crippen LogP contribution in [0.25, 0.3) is 0 Å². The van der Waals surface area contributed by atoms with Gasteiger partial charge in [-0.2, -0.15) is 0 Å². The van der Waals surface area contributed by atoms with Gasteiger partial charge in [-0.05, 0) is 32.6 Å². The molecule has 2 aliphatic carbocycles. The molecule has 1 amide bonds. The predicted molar refractivity (Wildman–Crippen MR) is 74.1 cm³/mol. The summed E-state index contributed by atoms with van der Waals surface area (Å²) in [6.45, 7) is 6.52. The van der Waals surface area contributed by atoms with Crippen molar-refractivity contribution in [3.63, 3.8) is 0 Å². The van der Waals surface area contributed by atoms with Crippen LogP contribution in [0.5, 0.6) is 0 Å². The van der Waals surface area contributed by atoms with Gasteiger partial charge in [0, 0.05) is 18.6 Å². The summed E-state index contributed by atoms with van der Waals surface area (Å²) in [5, 5.41) is 0. The first kappa shape index (κ1) is 13.6. The molecule has 2 rings (SSSR count). The lowest BCUT2D eigenvalue weighted by molar-refractivity contribution is -0.143. The largest absolute Gasteiger partial charge is 0.335 e. The summed E-state index contributed by atoms with van der Waals surface area (Å²) >= 11 is 0. The number of nitrogens with zero attached hydrogens (tertiary/aromatic N) is 1. The monoisotopic (exact) mass is 250 g/mol. The zero-order valence-electron chi connectivity index (χ0n) is 11.5. The van der Waals surface area contributed by atoms with Crippen LogP contribution in [0, 0.1) is 5.41 Å². The Balaban J connectivity index is 2.14. The van der Waals surface area contributed by atoms with Crippen LogP contribution in [0.1, 0.15) is 51.9 Å². The molecule has 2 aliphatic rings. The van der Waals surface area contributed by atoms with E-state index in [9.17, 15) is 4.79 Å². The fourth-order valence-electron chi connectivity index (χ4n) is 3.54. The minimum atomic E-state index is -0.342. The van der Waals surface area contributed by atoms with E-state index < -0.39 is 0 Å². The van der Waals surface area contributed by atoms with Gasteiger partial charge >= 0.3 is 0 Å². The second-order valence-corrected chi connectivity index (χ2v) is 6.10. The normalized spacial score (nSPS) is 32.7. The smallest absolute Gasteiger partial charge is 0.230 e. The van der Waals surface area contributed by atoms with Crippen molar-refractivity contribution in [2.24, 2.45) is 11.1 Å². The highest BCUT2D eigenvalue weighted by Crippen LogP contribution is 2.39. The molecule has 2 fully saturated rings. The van der Waals surface area contributed by atoms with Gasteiger partial charge in [-0.1, -0.05) is 25.3 Å². The first-order chi connectivity index (χ1) is 8.59. The van der Waals surface area contributed by atoms with Gasteiger partial charge in [0.05, 0.1) is 5.41 Å². The number of amides is 1. The van der Waals surface area contributed by atoms with Gasteiger partial charge in [0.25, 0.3) is 0 Å². The van der Waals surface area contributed by atoms with Crippen LogP contribution in [0.15, 0.2) is 12.7 Å². The maximum absolute atomic E-state index is 12.9. The fourth-order valence-corrected chi connectivity index (χ4v) is 3.54. The summed E-state index contributed by atoms with van der Waals surface area (Å²) in [7, 11) is 0. The van der Waals surface area contributed by atoms with Gasteiger partial charge < -0.3 is 10.6 Å². The average Bonchev–Trinajstić information content (AvgIpc) is 2.97. The number of hydrogen-bond donors (Lipinski definition) is 1. The standard InChI is InChI=1S/C15H26N2O/c1-3-11-17(12-7-4-5-8-12)14(18)15(2)10-6-9-13(15)16/h3,12-13H,1,4-11,16H2,2H3. The molecule has 2 unspecified atom stereocenters. The molecule has 0 aromatic heterocycles. The number of hydrogen-bond acceptors (Lipinski definition) is 2. The zero-order valence-corrected chi connectivity index (χ0v) is 11.5. The second-order valence-electron chi connectivity index (χ2n) is 6.10. The molecule has 102 valence electrons. The van der Waals surface area contributed by atoms with Crippen molar-refractivity contribution in [2.75, 3.05) is 6.54 Å². The predicted octanol–water partition coefficient (Wildman–Crippen LogP) is 2.46. The van der Waals surface area contributed by atoms with Crippen LogP contribution in [0.3, 0.4) is 0 Å². The molecule has 0 bridgehead atoms. The Hall–Kier alpha value is -0.830. The number of carbonyl (C=O) groups is 1. The van der Waals surface area contributed by atoms with Crippen molar-refractivity contribution in [1.82, 2.24) is 4.90 Å². The van der Waals surface area contributed by atoms with Gasteiger partial charge in [0.2, 0.25) is 5.91 Å². The van der Waals surface area contributed by atoms with E-state index in [0.29, 0.717) is 12.6 Å². The Labute approximate surface area is 110 Å². The Morgan fingerprint density at radius 2 is 2.06 bits per heavy atom. The van der Waals surface area contributed by atoms with Crippen LogP contribution in [-0.4, -0.2) is 29.4 Å². The highest BCUT2D eigenvalue weighted by molar-refractivity contribution is 5.84. The maximum atomic E-state index is 12.9. The van der Waals surface area contributed by atoms with Gasteiger partial charge in [-0.15, -0.1) is 6.58 Å². The highest BCUT2D eigenvalue weighted by Gasteiger charge is 2.46. The summed E-state index contributed by atoms with van der Waals surface area (Å²) < 4.78 is 0. The van der Waals surface area contributed by atoms with Gasteiger partial charge in [-0.25, -0.2) is 0 Å². The van der Waals surface area contributed by atoms with E-state index in [1.165, 1.54) is 12.8 Å². The number of rotatable bonds is 4. The Morgan fingerprint density at radius 1 is 1.39 bits per heavy atom. The van der Waals surface area contributed by atoms with Crippen LogP contribution in [-0.2, 0) is 4.79 Å². The molecule has 2 atom stereocenters. The Morgan fingerprint density at radius 3 is 2.56 bits per heavy atom. The van der Waals surface area contributed by atoms with E-state index >= 15 is 0 Å². The molecule has 0 aromatic carbocycles. The maximum Gasteiger partial charge on any atom is 0.230 e. The van der Waals surface area contributed by atoms with Crippen LogP contribution in [0.2, 0.25) is 0 Å². The highest BCUT2D eigenvalue weighted by atomic mass is 16.2. The molecule has 0 aliphatic heterocycles. The summed E-state index contributed by atoms with van der Waals surface area (Å²) in [5.74, 6) is 0.263. The molecule has 2 N–H and O–H groups in total. The van der Waals surface area contributed by atoms with E-state index in [1.807, 2.05) is 11.0 Å². The lowest BCUT2D eigenvalue weighted by Gasteiger charge is -2.37. The van der Waals surface area contributed by atoms with Crippen LogP contribution in [0.4, 0.5) is 0 Å². The molecule has 0 heterocycles. The third-order valence-corrected chi connectivity index (χ3v) is 4.87. The SMILES string of the molecule is C=CCN(C(=O)C1(C)CCCC1N)C1CCCC1. The van der Waals surface area contributed by atoms with Gasteiger partial charge in [0.1, 0.15) is 0 Å². The van der Waals surface area contributed by atoms with Crippen LogP contribution < -0.4 is 5.73 Å². The first-order valence-corrected chi connectivity index (χ1v) is 7.27. The van der Waals surface area contributed by atoms with Crippen LogP contribution >= 0.6 is 0 Å². The Kier molecular flexibility index (Phi) is 4.10. The quantitative estimate of drug-likeness (QED) is 0.779. The molecule has 0 radical (unpaired) electrons. The molecular formula is C15H26N2O. The van der Waals surface area contributed by atoms with E-state index in [-0.39, 0.29) is 17.4 Å². The molecule has 18 heavy (non-hydrogen) atoms. The van der Waals surface area contributed by atoms with E-state index in [1.54, 1.807) is 0 Å². The van der Waals surface area contributed by atoms with Crippen molar-refractivity contribution < 1.29 is 4.79 Å². The third kappa shape index (κ3) is 2.33. The number of nitrogens with two attached hydrogens (primary N) is 1. The molecule has 0 aromatic rings. The fraction of sp³-hybridized carbons (Fsp3) is 0.800. The molecule has 0 spiro atoms. The summed E-state index contributed by atoms with van der Waals surface area (Å²) in [6.07, 6.45) is 9.62. The van der Waals surface area contributed by atoms with Gasteiger partial charge in [-0.3, -0.25) is 4.79 Å². The van der Waals surface area contributed by atoms with E-state index in [0.717, 1.165) is 32.1 Å². The van der Waals surface area contributed by atoms with E-state index in [4.69, 9.17) is 5.73 Å². The van der Waals surface area contributed by atoms with Crippen molar-refractivity contribution in [2.45, 2.75) is 64.0 Å². The molecule has 2 saturated carbocycles. The minimum Gasteiger partial charge on any atom is -0.335 e. The first-order valence-electron chi connectivity index (χ1n) is 7.27. The summed E-state index contributed by atoms with van der Waals surface area (Å²) in [4.78, 5) is 14.9. The lowest BCUT2D eigenvalue weighted by Crippen LogP contribution is -2.52.